The Kier molecular flexibility index (Phi) is 2.83. The predicted molar refractivity (Wildman–Crippen MR) is 55.2 cm³/mol. The molecule has 0 amide bonds. The summed E-state index contributed by atoms with van der Waals surface area (Å²) in [5.41, 5.74) is 1.40. The summed E-state index contributed by atoms with van der Waals surface area (Å²) in [6.07, 6.45) is 4.31. The molecule has 1 aromatic carbocycles. The Morgan fingerprint density at radius 1 is 1.27 bits per heavy atom. The van der Waals surface area contributed by atoms with Crippen molar-refractivity contribution in [2.45, 2.75) is 6.61 Å². The highest BCUT2D eigenvalue weighted by molar-refractivity contribution is 5.88. The highest BCUT2D eigenvalue weighted by Gasteiger charge is 2.07. The van der Waals surface area contributed by atoms with Gasteiger partial charge in [-0.25, -0.2) is 4.79 Å². The lowest BCUT2D eigenvalue weighted by atomic mass is 10.2. The summed E-state index contributed by atoms with van der Waals surface area (Å²) in [6, 6.07) is 11.2. The minimum Gasteiger partial charge on any atom is -0.457 e. The lowest BCUT2D eigenvalue weighted by Gasteiger charge is -2.02. The Balaban J connectivity index is 1.92. The monoisotopic (exact) mass is 200 g/mol. The molecule has 1 N–H and O–H groups in total. The van der Waals surface area contributed by atoms with E-state index >= 15 is 0 Å². The molecule has 1 radical (unpaired) electrons. The van der Waals surface area contributed by atoms with Gasteiger partial charge in [-0.05, 0) is 11.6 Å². The van der Waals surface area contributed by atoms with E-state index in [1.165, 1.54) is 0 Å². The number of carbonyl (C=O) groups excluding carboxylic acids is 1. The number of nitrogens with one attached hydrogen (secondary N) is 1. The first-order valence-electron chi connectivity index (χ1n) is 4.62. The first-order chi connectivity index (χ1) is 7.36. The number of aromatic nitrogens is 1. The van der Waals surface area contributed by atoms with Crippen molar-refractivity contribution >= 4 is 5.97 Å². The molecule has 0 unspecified atom stereocenters. The number of benzene rings is 1. The van der Waals surface area contributed by atoms with E-state index in [0.29, 0.717) is 12.2 Å². The SMILES string of the molecule is O=C(OCc1ccccc1)c1[c][nH]cc1. The summed E-state index contributed by atoms with van der Waals surface area (Å²) in [5, 5.41) is 0. The maximum Gasteiger partial charge on any atom is 0.340 e. The normalized spacial score (nSPS) is 9.87. The van der Waals surface area contributed by atoms with Gasteiger partial charge in [0.15, 0.2) is 0 Å². The van der Waals surface area contributed by atoms with Crippen LogP contribution in [-0.2, 0) is 11.3 Å². The molecular formula is C12H10NO2. The van der Waals surface area contributed by atoms with E-state index in [0.717, 1.165) is 5.56 Å². The van der Waals surface area contributed by atoms with Crippen molar-refractivity contribution in [1.29, 1.82) is 0 Å². The second-order valence-electron chi connectivity index (χ2n) is 3.08. The second kappa shape index (κ2) is 4.46. The zero-order valence-electron chi connectivity index (χ0n) is 8.07. The van der Waals surface area contributed by atoms with Crippen LogP contribution in [0.3, 0.4) is 0 Å². The first kappa shape index (κ1) is 9.52. The van der Waals surface area contributed by atoms with Crippen molar-refractivity contribution in [3.63, 3.8) is 0 Å². The van der Waals surface area contributed by atoms with Crippen molar-refractivity contribution in [3.8, 4) is 0 Å². The number of ether oxygens (including phenoxy) is 1. The molecule has 3 nitrogen and oxygen atoms in total. The molecule has 0 atom stereocenters. The maximum atomic E-state index is 11.4. The standard InChI is InChI=1S/C12H10NO2/c14-12(11-6-7-13-8-11)15-9-10-4-2-1-3-5-10/h1-7,13H,9H2. The van der Waals surface area contributed by atoms with Crippen molar-refractivity contribution in [1.82, 2.24) is 4.98 Å². The van der Waals surface area contributed by atoms with Gasteiger partial charge in [0.25, 0.3) is 0 Å². The predicted octanol–water partition coefficient (Wildman–Crippen LogP) is 2.17. The van der Waals surface area contributed by atoms with Crippen LogP contribution in [0.1, 0.15) is 15.9 Å². The van der Waals surface area contributed by atoms with Crippen LogP contribution in [0.5, 0.6) is 0 Å². The number of hydrogen-bond acceptors (Lipinski definition) is 2. The number of hydrogen-bond donors (Lipinski definition) is 1. The Bertz CT molecular complexity index is 420. The van der Waals surface area contributed by atoms with Gasteiger partial charge in [0, 0.05) is 6.20 Å². The number of carbonyl (C=O) groups is 1. The van der Waals surface area contributed by atoms with Gasteiger partial charge in [-0.1, -0.05) is 30.3 Å². The molecule has 1 aromatic heterocycles. The van der Waals surface area contributed by atoms with Gasteiger partial charge in [0.05, 0.1) is 11.8 Å². The largest absolute Gasteiger partial charge is 0.457 e. The number of H-pyrrole nitrogens is 1. The third kappa shape index (κ3) is 2.47. The highest BCUT2D eigenvalue weighted by Crippen LogP contribution is 2.04. The van der Waals surface area contributed by atoms with Gasteiger partial charge in [0.1, 0.15) is 6.61 Å². The fourth-order valence-electron chi connectivity index (χ4n) is 1.21. The fourth-order valence-corrected chi connectivity index (χ4v) is 1.21. The molecule has 0 bridgehead atoms. The van der Waals surface area contributed by atoms with Gasteiger partial charge in [0.2, 0.25) is 0 Å². The van der Waals surface area contributed by atoms with Gasteiger partial charge < -0.3 is 9.72 Å². The molecule has 0 aliphatic rings. The Morgan fingerprint density at radius 3 is 2.73 bits per heavy atom. The Morgan fingerprint density at radius 2 is 2.07 bits per heavy atom. The zero-order valence-corrected chi connectivity index (χ0v) is 8.07. The first-order valence-corrected chi connectivity index (χ1v) is 4.62. The van der Waals surface area contributed by atoms with Gasteiger partial charge in [-0.3, -0.25) is 0 Å². The van der Waals surface area contributed by atoms with Gasteiger partial charge in [-0.2, -0.15) is 0 Å². The summed E-state index contributed by atoms with van der Waals surface area (Å²) < 4.78 is 5.08. The third-order valence-corrected chi connectivity index (χ3v) is 1.97. The second-order valence-corrected chi connectivity index (χ2v) is 3.08. The van der Waals surface area contributed by atoms with Crippen molar-refractivity contribution in [2.24, 2.45) is 0 Å². The van der Waals surface area contributed by atoms with Crippen LogP contribution in [0, 0.1) is 6.20 Å². The number of aromatic amines is 1. The van der Waals surface area contributed by atoms with Crippen molar-refractivity contribution in [2.75, 3.05) is 0 Å². The molecule has 15 heavy (non-hydrogen) atoms. The third-order valence-electron chi connectivity index (χ3n) is 1.97. The van der Waals surface area contributed by atoms with E-state index in [1.54, 1.807) is 12.3 Å². The van der Waals surface area contributed by atoms with E-state index in [2.05, 4.69) is 11.2 Å². The Labute approximate surface area is 87.7 Å². The van der Waals surface area contributed by atoms with E-state index in [9.17, 15) is 4.79 Å². The molecule has 0 aliphatic carbocycles. The quantitative estimate of drug-likeness (QED) is 0.771. The average molecular weight is 200 g/mol. The molecule has 3 heteroatoms. The molecule has 2 aromatic rings. The van der Waals surface area contributed by atoms with E-state index in [1.807, 2.05) is 30.3 Å². The van der Waals surface area contributed by atoms with Crippen molar-refractivity contribution in [3.05, 3.63) is 59.9 Å². The van der Waals surface area contributed by atoms with E-state index < -0.39 is 0 Å². The summed E-state index contributed by atoms with van der Waals surface area (Å²) in [4.78, 5) is 14.1. The molecular weight excluding hydrogens is 190 g/mol. The van der Waals surface area contributed by atoms with Crippen molar-refractivity contribution < 1.29 is 9.53 Å². The molecule has 0 spiro atoms. The zero-order chi connectivity index (χ0) is 10.5. The molecule has 0 saturated carbocycles. The van der Waals surface area contributed by atoms with E-state index in [4.69, 9.17) is 4.74 Å². The number of rotatable bonds is 3. The van der Waals surface area contributed by atoms with E-state index in [-0.39, 0.29) is 5.97 Å². The minimum atomic E-state index is -0.361. The summed E-state index contributed by atoms with van der Waals surface area (Å²) in [7, 11) is 0. The fraction of sp³-hybridized carbons (Fsp3) is 0.0833. The van der Waals surface area contributed by atoms with Gasteiger partial charge in [-0.15, -0.1) is 0 Å². The molecule has 2 rings (SSSR count). The lowest BCUT2D eigenvalue weighted by molar-refractivity contribution is 0.0472. The smallest absolute Gasteiger partial charge is 0.340 e. The Hall–Kier alpha value is -2.03. The molecule has 1 heterocycles. The average Bonchev–Trinajstić information content (AvgIpc) is 2.81. The highest BCUT2D eigenvalue weighted by atomic mass is 16.5. The van der Waals surface area contributed by atoms with Crippen LogP contribution in [0.25, 0.3) is 0 Å². The molecule has 0 fully saturated rings. The van der Waals surface area contributed by atoms with Crippen LogP contribution in [0.4, 0.5) is 0 Å². The van der Waals surface area contributed by atoms with Crippen LogP contribution in [-0.4, -0.2) is 11.0 Å². The van der Waals surface area contributed by atoms with Crippen LogP contribution < -0.4 is 0 Å². The summed E-state index contributed by atoms with van der Waals surface area (Å²) >= 11 is 0. The molecule has 0 aliphatic heterocycles. The van der Waals surface area contributed by atoms with Crippen LogP contribution >= 0.6 is 0 Å². The maximum absolute atomic E-state index is 11.4. The minimum absolute atomic E-state index is 0.290. The van der Waals surface area contributed by atoms with Gasteiger partial charge >= 0.3 is 5.97 Å². The van der Waals surface area contributed by atoms with Crippen LogP contribution in [0.2, 0.25) is 0 Å². The summed E-state index contributed by atoms with van der Waals surface area (Å²) in [5.74, 6) is -0.361. The number of esters is 1. The topological polar surface area (TPSA) is 42.1 Å². The molecule has 0 saturated heterocycles. The molecule has 75 valence electrons. The van der Waals surface area contributed by atoms with Crippen LogP contribution in [0.15, 0.2) is 42.6 Å². The summed E-state index contributed by atoms with van der Waals surface area (Å²) in [6.45, 7) is 0.290. The lowest BCUT2D eigenvalue weighted by Crippen LogP contribution is -2.03.